The van der Waals surface area contributed by atoms with Crippen LogP contribution in [-0.4, -0.2) is 32.6 Å². The molecule has 0 amide bonds. The number of carbonyl (C=O) groups excluding carboxylic acids is 2. The molecule has 0 aromatic heterocycles. The van der Waals surface area contributed by atoms with Gasteiger partial charge in [0, 0.05) is 5.56 Å². The first kappa shape index (κ1) is 17.3. The second-order valence-corrected chi connectivity index (χ2v) is 4.84. The first-order valence-electron chi connectivity index (χ1n) is 7.20. The van der Waals surface area contributed by atoms with Crippen LogP contribution in [0.1, 0.15) is 17.3 Å². The molecule has 0 aliphatic carbocycles. The highest BCUT2D eigenvalue weighted by Crippen LogP contribution is 2.36. The molecule has 2 aromatic carbocycles. The lowest BCUT2D eigenvalue weighted by Crippen LogP contribution is -2.18. The number of hydrogen-bond acceptors (Lipinski definition) is 6. The third kappa shape index (κ3) is 4.25. The Hall–Kier alpha value is -3.02. The van der Waals surface area contributed by atoms with Gasteiger partial charge >= 0.3 is 5.97 Å². The lowest BCUT2D eigenvalue weighted by Gasteiger charge is -2.13. The molecule has 2 rings (SSSR count). The number of ether oxygens (including phenoxy) is 4. The number of carbonyl (C=O) groups is 2. The Morgan fingerprint density at radius 1 is 0.958 bits per heavy atom. The van der Waals surface area contributed by atoms with E-state index < -0.39 is 5.97 Å². The quantitative estimate of drug-likeness (QED) is 0.442. The fraction of sp³-hybridized carbons (Fsp3) is 0.222. The van der Waals surface area contributed by atoms with Gasteiger partial charge in [-0.2, -0.15) is 0 Å². The Bertz CT molecular complexity index is 716. The number of rotatable bonds is 7. The molecule has 0 atom stereocenters. The van der Waals surface area contributed by atoms with Crippen molar-refractivity contribution in [3.63, 3.8) is 0 Å². The van der Waals surface area contributed by atoms with Gasteiger partial charge in [-0.3, -0.25) is 4.79 Å². The van der Waals surface area contributed by atoms with E-state index >= 15 is 0 Å². The van der Waals surface area contributed by atoms with Gasteiger partial charge in [-0.1, -0.05) is 18.2 Å². The van der Waals surface area contributed by atoms with Crippen molar-refractivity contribution in [3.8, 4) is 23.0 Å². The SMILES string of the molecule is COc1cccc(OC)c1OC(=O)COc1cccc(C(C)=O)c1. The van der Waals surface area contributed by atoms with Gasteiger partial charge in [0.2, 0.25) is 5.75 Å². The van der Waals surface area contributed by atoms with Gasteiger partial charge in [-0.25, -0.2) is 4.79 Å². The molecule has 6 heteroatoms. The zero-order chi connectivity index (χ0) is 17.5. The summed E-state index contributed by atoms with van der Waals surface area (Å²) < 4.78 is 21.0. The molecule has 0 bridgehead atoms. The van der Waals surface area contributed by atoms with E-state index in [9.17, 15) is 9.59 Å². The normalized spacial score (nSPS) is 9.96. The summed E-state index contributed by atoms with van der Waals surface area (Å²) in [6.45, 7) is 1.14. The molecule has 126 valence electrons. The maximum Gasteiger partial charge on any atom is 0.349 e. The molecule has 0 unspecified atom stereocenters. The van der Waals surface area contributed by atoms with E-state index in [-0.39, 0.29) is 18.1 Å². The third-order valence-electron chi connectivity index (χ3n) is 3.20. The average Bonchev–Trinajstić information content (AvgIpc) is 2.60. The predicted octanol–water partition coefficient (Wildman–Crippen LogP) is 2.89. The zero-order valence-corrected chi connectivity index (χ0v) is 13.7. The van der Waals surface area contributed by atoms with Gasteiger partial charge < -0.3 is 18.9 Å². The van der Waals surface area contributed by atoms with Crippen molar-refractivity contribution in [1.82, 2.24) is 0 Å². The molecule has 0 heterocycles. The zero-order valence-electron chi connectivity index (χ0n) is 13.7. The van der Waals surface area contributed by atoms with Crippen LogP contribution in [0.25, 0.3) is 0 Å². The highest BCUT2D eigenvalue weighted by atomic mass is 16.6. The van der Waals surface area contributed by atoms with Crippen LogP contribution in [0.15, 0.2) is 42.5 Å². The molecule has 0 radical (unpaired) electrons. The topological polar surface area (TPSA) is 71.1 Å². The standard InChI is InChI=1S/C18H18O6/c1-12(19)13-6-4-7-14(10-13)23-11-17(20)24-18-15(21-2)8-5-9-16(18)22-3/h4-10H,11H2,1-3H3. The molecule has 6 nitrogen and oxygen atoms in total. The van der Waals surface area contributed by atoms with Gasteiger partial charge in [0.15, 0.2) is 23.9 Å². The Balaban J connectivity index is 2.04. The van der Waals surface area contributed by atoms with Gasteiger partial charge in [0.1, 0.15) is 5.75 Å². The van der Waals surface area contributed by atoms with Gasteiger partial charge in [-0.15, -0.1) is 0 Å². The molecule has 0 fully saturated rings. The third-order valence-corrected chi connectivity index (χ3v) is 3.20. The number of ketones is 1. The molecule has 0 saturated carbocycles. The highest BCUT2D eigenvalue weighted by Gasteiger charge is 2.16. The minimum absolute atomic E-state index is 0.0817. The Kier molecular flexibility index (Phi) is 5.78. The maximum atomic E-state index is 12.0. The molecule has 0 N–H and O–H groups in total. The van der Waals surface area contributed by atoms with E-state index in [1.54, 1.807) is 42.5 Å². The number of para-hydroxylation sites is 1. The van der Waals surface area contributed by atoms with Crippen LogP contribution in [0.3, 0.4) is 0 Å². The number of hydrogen-bond donors (Lipinski definition) is 0. The van der Waals surface area contributed by atoms with Crippen LogP contribution in [0.4, 0.5) is 0 Å². The van der Waals surface area contributed by atoms with E-state index in [2.05, 4.69) is 0 Å². The van der Waals surface area contributed by atoms with E-state index in [4.69, 9.17) is 18.9 Å². The van der Waals surface area contributed by atoms with Gasteiger partial charge in [-0.05, 0) is 31.2 Å². The molecule has 0 spiro atoms. The average molecular weight is 330 g/mol. The first-order chi connectivity index (χ1) is 11.5. The molecule has 24 heavy (non-hydrogen) atoms. The summed E-state index contributed by atoms with van der Waals surface area (Å²) in [5, 5.41) is 0. The molecule has 0 aliphatic rings. The number of benzene rings is 2. The molecular weight excluding hydrogens is 312 g/mol. The van der Waals surface area contributed by atoms with Crippen molar-refractivity contribution in [2.75, 3.05) is 20.8 Å². The summed E-state index contributed by atoms with van der Waals surface area (Å²) in [6, 6.07) is 11.6. The van der Waals surface area contributed by atoms with E-state index in [0.29, 0.717) is 22.8 Å². The summed E-state index contributed by atoms with van der Waals surface area (Å²) in [4.78, 5) is 23.4. The van der Waals surface area contributed by atoms with Crippen LogP contribution < -0.4 is 18.9 Å². The fourth-order valence-corrected chi connectivity index (χ4v) is 2.01. The Labute approximate surface area is 139 Å². The van der Waals surface area contributed by atoms with Crippen molar-refractivity contribution in [2.45, 2.75) is 6.92 Å². The van der Waals surface area contributed by atoms with Crippen LogP contribution >= 0.6 is 0 Å². The molecular formula is C18H18O6. The minimum Gasteiger partial charge on any atom is -0.493 e. The van der Waals surface area contributed by atoms with Crippen LogP contribution in [0, 0.1) is 0 Å². The van der Waals surface area contributed by atoms with E-state index in [1.807, 2.05) is 0 Å². The Morgan fingerprint density at radius 3 is 2.17 bits per heavy atom. The van der Waals surface area contributed by atoms with Crippen LogP contribution in [0.5, 0.6) is 23.0 Å². The maximum absolute atomic E-state index is 12.0. The van der Waals surface area contributed by atoms with E-state index in [1.165, 1.54) is 21.1 Å². The van der Waals surface area contributed by atoms with Crippen molar-refractivity contribution in [1.29, 1.82) is 0 Å². The summed E-state index contributed by atoms with van der Waals surface area (Å²) >= 11 is 0. The summed E-state index contributed by atoms with van der Waals surface area (Å²) in [5.41, 5.74) is 0.507. The molecule has 0 saturated heterocycles. The van der Waals surface area contributed by atoms with Crippen molar-refractivity contribution >= 4 is 11.8 Å². The smallest absolute Gasteiger partial charge is 0.349 e. The van der Waals surface area contributed by atoms with Crippen molar-refractivity contribution in [3.05, 3.63) is 48.0 Å². The predicted molar refractivity (Wildman–Crippen MR) is 87.1 cm³/mol. The van der Waals surface area contributed by atoms with Crippen molar-refractivity contribution in [2.24, 2.45) is 0 Å². The Morgan fingerprint density at radius 2 is 1.58 bits per heavy atom. The highest BCUT2D eigenvalue weighted by molar-refractivity contribution is 5.94. The summed E-state index contributed by atoms with van der Waals surface area (Å²) in [7, 11) is 2.94. The summed E-state index contributed by atoms with van der Waals surface area (Å²) in [5.74, 6) is 0.649. The first-order valence-corrected chi connectivity index (χ1v) is 7.20. The number of esters is 1. The second kappa shape index (κ2) is 8.01. The number of methoxy groups -OCH3 is 2. The van der Waals surface area contributed by atoms with E-state index in [0.717, 1.165) is 0 Å². The van der Waals surface area contributed by atoms with Gasteiger partial charge in [0.05, 0.1) is 14.2 Å². The fourth-order valence-electron chi connectivity index (χ4n) is 2.01. The lowest BCUT2D eigenvalue weighted by molar-refractivity contribution is -0.136. The van der Waals surface area contributed by atoms with Gasteiger partial charge in [0.25, 0.3) is 0 Å². The van der Waals surface area contributed by atoms with Crippen LogP contribution in [0.2, 0.25) is 0 Å². The largest absolute Gasteiger partial charge is 0.493 e. The second-order valence-electron chi connectivity index (χ2n) is 4.84. The molecule has 0 aliphatic heterocycles. The van der Waals surface area contributed by atoms with Crippen molar-refractivity contribution < 1.29 is 28.5 Å². The molecule has 2 aromatic rings. The number of Topliss-reactive ketones (excluding diaryl/α,β-unsaturated/α-hetero) is 1. The minimum atomic E-state index is -0.619. The lowest BCUT2D eigenvalue weighted by atomic mass is 10.1. The van der Waals surface area contributed by atoms with Crippen LogP contribution in [-0.2, 0) is 4.79 Å². The summed E-state index contributed by atoms with van der Waals surface area (Å²) in [6.07, 6.45) is 0. The monoisotopic (exact) mass is 330 g/mol.